The van der Waals surface area contributed by atoms with Crippen molar-refractivity contribution in [2.75, 3.05) is 26.8 Å². The third-order valence-electron chi connectivity index (χ3n) is 4.24. The van der Waals surface area contributed by atoms with E-state index in [4.69, 9.17) is 4.74 Å². The number of carbonyl (C=O) groups is 1. The van der Waals surface area contributed by atoms with Crippen molar-refractivity contribution in [2.45, 2.75) is 25.8 Å². The van der Waals surface area contributed by atoms with Gasteiger partial charge in [0, 0.05) is 12.7 Å². The summed E-state index contributed by atoms with van der Waals surface area (Å²) < 4.78 is 32.8. The zero-order valence-electron chi connectivity index (χ0n) is 12.9. The van der Waals surface area contributed by atoms with Gasteiger partial charge in [-0.15, -0.1) is 0 Å². The van der Waals surface area contributed by atoms with Crippen molar-refractivity contribution in [3.63, 3.8) is 0 Å². The van der Waals surface area contributed by atoms with Gasteiger partial charge in [-0.25, -0.2) is 8.78 Å². The molecule has 0 bridgehead atoms. The highest BCUT2D eigenvalue weighted by Crippen LogP contribution is 2.31. The number of hydrogen-bond donors (Lipinski definition) is 2. The van der Waals surface area contributed by atoms with Gasteiger partial charge in [0.05, 0.1) is 18.1 Å². The summed E-state index contributed by atoms with van der Waals surface area (Å²) in [5.41, 5.74) is -0.756. The quantitative estimate of drug-likeness (QED) is 0.876. The number of nitrogens with one attached hydrogen (secondary N) is 2. The van der Waals surface area contributed by atoms with Crippen LogP contribution >= 0.6 is 0 Å². The molecule has 0 saturated carbocycles. The molecule has 2 N–H and O–H groups in total. The predicted octanol–water partition coefficient (Wildman–Crippen LogP) is 2.16. The number of ether oxygens (including phenoxy) is 1. The van der Waals surface area contributed by atoms with E-state index < -0.39 is 23.1 Å². The smallest absolute Gasteiger partial charge is 0.229 e. The van der Waals surface area contributed by atoms with Crippen LogP contribution in [0.4, 0.5) is 8.78 Å². The van der Waals surface area contributed by atoms with Crippen LogP contribution in [0.5, 0.6) is 0 Å². The van der Waals surface area contributed by atoms with Gasteiger partial charge >= 0.3 is 0 Å². The van der Waals surface area contributed by atoms with E-state index in [1.54, 1.807) is 14.0 Å². The maximum absolute atomic E-state index is 13.8. The zero-order chi connectivity index (χ0) is 16.2. The molecule has 122 valence electrons. The van der Waals surface area contributed by atoms with Crippen molar-refractivity contribution in [1.82, 2.24) is 10.6 Å². The first-order valence-electron chi connectivity index (χ1n) is 7.45. The number of benzene rings is 1. The molecule has 0 aliphatic carbocycles. The second-order valence-corrected chi connectivity index (χ2v) is 5.79. The molecule has 0 aromatic heterocycles. The SMILES string of the molecule is COCC1(C(=O)NC(C)c2c(F)cccc2F)CCNCC1. The maximum atomic E-state index is 13.8. The lowest BCUT2D eigenvalue weighted by Gasteiger charge is -2.36. The van der Waals surface area contributed by atoms with Crippen LogP contribution in [0.1, 0.15) is 31.4 Å². The molecule has 22 heavy (non-hydrogen) atoms. The van der Waals surface area contributed by atoms with E-state index in [2.05, 4.69) is 10.6 Å². The number of methoxy groups -OCH3 is 1. The first-order valence-corrected chi connectivity index (χ1v) is 7.45. The molecule has 1 aromatic carbocycles. The van der Waals surface area contributed by atoms with Crippen molar-refractivity contribution in [1.29, 1.82) is 0 Å². The largest absolute Gasteiger partial charge is 0.384 e. The molecule has 1 saturated heterocycles. The molecule has 1 atom stereocenters. The molecule has 0 spiro atoms. The second-order valence-electron chi connectivity index (χ2n) is 5.79. The molecule has 2 rings (SSSR count). The molecule has 1 amide bonds. The van der Waals surface area contributed by atoms with Gasteiger partial charge in [-0.3, -0.25) is 4.79 Å². The van der Waals surface area contributed by atoms with E-state index in [9.17, 15) is 13.6 Å². The molecule has 1 heterocycles. The fourth-order valence-electron chi connectivity index (χ4n) is 2.96. The van der Waals surface area contributed by atoms with E-state index in [0.717, 1.165) is 13.1 Å². The minimum Gasteiger partial charge on any atom is -0.384 e. The minimum absolute atomic E-state index is 0.114. The molecule has 1 unspecified atom stereocenters. The number of piperidine rings is 1. The van der Waals surface area contributed by atoms with Crippen LogP contribution in [-0.4, -0.2) is 32.7 Å². The van der Waals surface area contributed by atoms with Crippen molar-refractivity contribution in [3.8, 4) is 0 Å². The highest BCUT2D eigenvalue weighted by atomic mass is 19.1. The average molecular weight is 312 g/mol. The Bertz CT molecular complexity index is 505. The van der Waals surface area contributed by atoms with E-state index >= 15 is 0 Å². The number of carbonyl (C=O) groups excluding carboxylic acids is 1. The summed E-state index contributed by atoms with van der Waals surface area (Å²) in [5, 5.41) is 5.95. The molecule has 1 aliphatic rings. The van der Waals surface area contributed by atoms with Crippen molar-refractivity contribution in [2.24, 2.45) is 5.41 Å². The summed E-state index contributed by atoms with van der Waals surface area (Å²) in [4.78, 5) is 12.7. The Morgan fingerprint density at radius 1 is 1.36 bits per heavy atom. The van der Waals surface area contributed by atoms with Crippen LogP contribution in [-0.2, 0) is 9.53 Å². The summed E-state index contributed by atoms with van der Waals surface area (Å²) in [6.45, 7) is 3.33. The Kier molecular flexibility index (Phi) is 5.47. The van der Waals surface area contributed by atoms with Crippen LogP contribution in [0.15, 0.2) is 18.2 Å². The summed E-state index contributed by atoms with van der Waals surface area (Å²) in [7, 11) is 1.55. The summed E-state index contributed by atoms with van der Waals surface area (Å²) >= 11 is 0. The first-order chi connectivity index (χ1) is 10.5. The van der Waals surface area contributed by atoms with E-state index in [1.807, 2.05) is 0 Å². The lowest BCUT2D eigenvalue weighted by Crippen LogP contribution is -2.50. The van der Waals surface area contributed by atoms with Crippen LogP contribution < -0.4 is 10.6 Å². The zero-order valence-corrected chi connectivity index (χ0v) is 12.9. The lowest BCUT2D eigenvalue weighted by molar-refractivity contribution is -0.136. The number of amides is 1. The summed E-state index contributed by atoms with van der Waals surface area (Å²) in [6, 6.07) is 2.95. The average Bonchev–Trinajstić information content (AvgIpc) is 2.48. The lowest BCUT2D eigenvalue weighted by atomic mass is 9.78. The number of halogens is 2. The Labute approximate surface area is 129 Å². The number of hydrogen-bond acceptors (Lipinski definition) is 3. The monoisotopic (exact) mass is 312 g/mol. The first kappa shape index (κ1) is 16.8. The molecule has 0 radical (unpaired) electrons. The third kappa shape index (κ3) is 3.44. The number of rotatable bonds is 5. The maximum Gasteiger partial charge on any atom is 0.229 e. The Hall–Kier alpha value is -1.53. The van der Waals surface area contributed by atoms with Gasteiger partial charge < -0.3 is 15.4 Å². The van der Waals surface area contributed by atoms with Crippen LogP contribution in [0.3, 0.4) is 0 Å². The standard InChI is InChI=1S/C16H22F2N2O2/c1-11(14-12(17)4-3-5-13(14)18)20-15(21)16(10-22-2)6-8-19-9-7-16/h3-5,11,19H,6-10H2,1-2H3,(H,20,21). The van der Waals surface area contributed by atoms with Crippen LogP contribution in [0.25, 0.3) is 0 Å². The Morgan fingerprint density at radius 2 is 1.95 bits per heavy atom. The highest BCUT2D eigenvalue weighted by Gasteiger charge is 2.40. The normalized spacial score (nSPS) is 18.7. The van der Waals surface area contributed by atoms with Gasteiger partial charge in [-0.2, -0.15) is 0 Å². The topological polar surface area (TPSA) is 50.4 Å². The van der Waals surface area contributed by atoms with Gasteiger partial charge in [0.15, 0.2) is 0 Å². The Morgan fingerprint density at radius 3 is 2.50 bits per heavy atom. The molecular weight excluding hydrogens is 290 g/mol. The second kappa shape index (κ2) is 7.15. The fourth-order valence-corrected chi connectivity index (χ4v) is 2.96. The van der Waals surface area contributed by atoms with Crippen LogP contribution in [0.2, 0.25) is 0 Å². The van der Waals surface area contributed by atoms with Crippen molar-refractivity contribution >= 4 is 5.91 Å². The van der Waals surface area contributed by atoms with Gasteiger partial charge in [-0.05, 0) is 45.0 Å². The van der Waals surface area contributed by atoms with Crippen molar-refractivity contribution in [3.05, 3.63) is 35.4 Å². The summed E-state index contributed by atoms with van der Waals surface area (Å²) in [5.74, 6) is -1.52. The van der Waals surface area contributed by atoms with Gasteiger partial charge in [0.25, 0.3) is 0 Å². The fraction of sp³-hybridized carbons (Fsp3) is 0.562. The van der Waals surface area contributed by atoms with E-state index in [1.165, 1.54) is 18.2 Å². The minimum atomic E-state index is -0.739. The Balaban J connectivity index is 2.15. The van der Waals surface area contributed by atoms with E-state index in [0.29, 0.717) is 19.4 Å². The third-order valence-corrected chi connectivity index (χ3v) is 4.24. The molecule has 4 nitrogen and oxygen atoms in total. The molecular formula is C16H22F2N2O2. The summed E-state index contributed by atoms with van der Waals surface area (Å²) in [6.07, 6.45) is 1.28. The van der Waals surface area contributed by atoms with Gasteiger partial charge in [0.1, 0.15) is 11.6 Å². The molecule has 1 aliphatic heterocycles. The van der Waals surface area contributed by atoms with Crippen molar-refractivity contribution < 1.29 is 18.3 Å². The van der Waals surface area contributed by atoms with Gasteiger partial charge in [0.2, 0.25) is 5.91 Å². The van der Waals surface area contributed by atoms with Gasteiger partial charge in [-0.1, -0.05) is 6.07 Å². The predicted molar refractivity (Wildman–Crippen MR) is 79.3 cm³/mol. The van der Waals surface area contributed by atoms with Crippen LogP contribution in [0, 0.1) is 17.0 Å². The molecule has 1 fully saturated rings. The molecule has 6 heteroatoms. The molecule has 1 aromatic rings. The highest BCUT2D eigenvalue weighted by molar-refractivity contribution is 5.83. The van der Waals surface area contributed by atoms with E-state index in [-0.39, 0.29) is 11.5 Å².